The highest BCUT2D eigenvalue weighted by Crippen LogP contribution is 2.16. The van der Waals surface area contributed by atoms with Crippen LogP contribution in [0.1, 0.15) is 32.4 Å². The minimum absolute atomic E-state index is 0.140. The number of carbonyl (C=O) groups excluding carboxylic acids is 1. The molecule has 0 aliphatic carbocycles. The zero-order chi connectivity index (χ0) is 15.2. The third-order valence-corrected chi connectivity index (χ3v) is 3.69. The minimum atomic E-state index is 0.140. The Morgan fingerprint density at radius 1 is 1.29 bits per heavy atom. The van der Waals surface area contributed by atoms with Crippen LogP contribution < -0.4 is 10.2 Å². The number of carbonyl (C=O) groups is 1. The van der Waals surface area contributed by atoms with Crippen molar-refractivity contribution in [3.05, 3.63) is 11.8 Å². The Labute approximate surface area is 126 Å². The summed E-state index contributed by atoms with van der Waals surface area (Å²) in [5.74, 6) is 1.79. The first kappa shape index (κ1) is 15.5. The molecule has 0 unspecified atom stereocenters. The van der Waals surface area contributed by atoms with Gasteiger partial charge < -0.3 is 15.1 Å². The molecule has 0 bridgehead atoms. The molecule has 0 spiro atoms. The molecule has 21 heavy (non-hydrogen) atoms. The molecule has 2 heterocycles. The number of hydrogen-bond donors (Lipinski definition) is 1. The van der Waals surface area contributed by atoms with Gasteiger partial charge in [0.05, 0.1) is 0 Å². The van der Waals surface area contributed by atoms with Crippen LogP contribution in [-0.2, 0) is 4.79 Å². The highest BCUT2D eigenvalue weighted by molar-refractivity contribution is 5.73. The van der Waals surface area contributed by atoms with Crippen molar-refractivity contribution < 1.29 is 4.79 Å². The van der Waals surface area contributed by atoms with Crippen molar-refractivity contribution >= 4 is 17.7 Å². The van der Waals surface area contributed by atoms with E-state index in [4.69, 9.17) is 0 Å². The van der Waals surface area contributed by atoms with Gasteiger partial charge in [0.25, 0.3) is 0 Å². The fourth-order valence-corrected chi connectivity index (χ4v) is 2.40. The first-order valence-electron chi connectivity index (χ1n) is 7.70. The van der Waals surface area contributed by atoms with Crippen LogP contribution in [0.3, 0.4) is 0 Å². The second-order valence-electron chi connectivity index (χ2n) is 5.47. The first-order valence-corrected chi connectivity index (χ1v) is 7.70. The number of nitrogens with one attached hydrogen (secondary N) is 1. The van der Waals surface area contributed by atoms with Crippen LogP contribution in [0.25, 0.3) is 0 Å². The number of aryl methyl sites for hydroxylation is 1. The van der Waals surface area contributed by atoms with Gasteiger partial charge in [0.2, 0.25) is 11.9 Å². The first-order chi connectivity index (χ1) is 10.1. The predicted octanol–water partition coefficient (Wildman–Crippen LogP) is 1.67. The van der Waals surface area contributed by atoms with Gasteiger partial charge in [-0.3, -0.25) is 4.79 Å². The second-order valence-corrected chi connectivity index (χ2v) is 5.47. The van der Waals surface area contributed by atoms with E-state index >= 15 is 0 Å². The molecule has 1 aliphatic heterocycles. The Morgan fingerprint density at radius 3 is 2.62 bits per heavy atom. The van der Waals surface area contributed by atoms with Crippen molar-refractivity contribution in [1.29, 1.82) is 0 Å². The third kappa shape index (κ3) is 4.31. The molecule has 1 fully saturated rings. The molecule has 1 saturated heterocycles. The molecule has 1 aromatic heterocycles. The lowest BCUT2D eigenvalue weighted by atomic mass is 10.3. The summed E-state index contributed by atoms with van der Waals surface area (Å²) in [6, 6.07) is 1.98. The number of hydrogen-bond acceptors (Lipinski definition) is 5. The van der Waals surface area contributed by atoms with Crippen molar-refractivity contribution in [2.45, 2.75) is 33.6 Å². The number of nitrogens with zero attached hydrogens (tertiary/aromatic N) is 4. The molecule has 1 N–H and O–H groups in total. The zero-order valence-corrected chi connectivity index (χ0v) is 13.2. The van der Waals surface area contributed by atoms with Gasteiger partial charge >= 0.3 is 0 Å². The third-order valence-electron chi connectivity index (χ3n) is 3.69. The van der Waals surface area contributed by atoms with Crippen molar-refractivity contribution in [3.8, 4) is 0 Å². The summed E-state index contributed by atoms with van der Waals surface area (Å²) in [4.78, 5) is 24.5. The molecule has 2 rings (SSSR count). The summed E-state index contributed by atoms with van der Waals surface area (Å²) in [6.07, 6.45) is 2.30. The maximum Gasteiger partial charge on any atom is 0.227 e. The van der Waals surface area contributed by atoms with E-state index in [0.717, 1.165) is 63.0 Å². The number of amides is 1. The van der Waals surface area contributed by atoms with E-state index in [2.05, 4.69) is 27.1 Å². The molecule has 1 aliphatic rings. The van der Waals surface area contributed by atoms with Gasteiger partial charge in [0, 0.05) is 51.4 Å². The van der Waals surface area contributed by atoms with Crippen molar-refractivity contribution in [3.63, 3.8) is 0 Å². The number of anilines is 2. The second kappa shape index (κ2) is 7.24. The number of aromatic nitrogens is 2. The molecule has 6 heteroatoms. The molecule has 0 aromatic carbocycles. The van der Waals surface area contributed by atoms with Crippen molar-refractivity contribution in [2.24, 2.45) is 0 Å². The maximum absolute atomic E-state index is 11.4. The Hall–Kier alpha value is -1.85. The summed E-state index contributed by atoms with van der Waals surface area (Å²) < 4.78 is 0. The van der Waals surface area contributed by atoms with Gasteiger partial charge in [0.1, 0.15) is 5.82 Å². The zero-order valence-electron chi connectivity index (χ0n) is 13.2. The van der Waals surface area contributed by atoms with Crippen LogP contribution >= 0.6 is 0 Å². The summed E-state index contributed by atoms with van der Waals surface area (Å²) in [5, 5.41) is 3.35. The molecule has 0 atom stereocenters. The van der Waals surface area contributed by atoms with Crippen LogP contribution in [0.5, 0.6) is 0 Å². The smallest absolute Gasteiger partial charge is 0.227 e. The van der Waals surface area contributed by atoms with Gasteiger partial charge in [0.15, 0.2) is 0 Å². The lowest BCUT2D eigenvalue weighted by molar-refractivity contribution is -0.129. The average Bonchev–Trinajstić information content (AvgIpc) is 2.47. The molecular weight excluding hydrogens is 266 g/mol. The van der Waals surface area contributed by atoms with E-state index in [0.29, 0.717) is 0 Å². The van der Waals surface area contributed by atoms with Crippen LogP contribution in [0.2, 0.25) is 0 Å². The quantitative estimate of drug-likeness (QED) is 0.836. The molecule has 1 amide bonds. The molecular formula is C15H25N5O. The molecule has 0 saturated carbocycles. The van der Waals surface area contributed by atoms with Crippen LogP contribution in [-0.4, -0.2) is 53.5 Å². The van der Waals surface area contributed by atoms with E-state index in [1.807, 2.05) is 17.9 Å². The van der Waals surface area contributed by atoms with Crippen LogP contribution in [0, 0.1) is 6.92 Å². The van der Waals surface area contributed by atoms with Gasteiger partial charge in [-0.15, -0.1) is 0 Å². The summed E-state index contributed by atoms with van der Waals surface area (Å²) in [6.45, 7) is 9.78. The highest BCUT2D eigenvalue weighted by Gasteiger charge is 2.20. The van der Waals surface area contributed by atoms with Crippen LogP contribution in [0.4, 0.5) is 11.8 Å². The fraction of sp³-hybridized carbons (Fsp3) is 0.667. The number of piperazine rings is 1. The summed E-state index contributed by atoms with van der Waals surface area (Å²) in [7, 11) is 0. The minimum Gasteiger partial charge on any atom is -0.370 e. The van der Waals surface area contributed by atoms with Gasteiger partial charge in [-0.25, -0.2) is 4.98 Å². The lowest BCUT2D eigenvalue weighted by Gasteiger charge is -2.34. The Bertz CT molecular complexity index is 483. The Morgan fingerprint density at radius 2 is 2.00 bits per heavy atom. The topological polar surface area (TPSA) is 61.4 Å². The lowest BCUT2D eigenvalue weighted by Crippen LogP contribution is -2.48. The Balaban J connectivity index is 2.01. The normalized spacial score (nSPS) is 15.2. The average molecular weight is 291 g/mol. The van der Waals surface area contributed by atoms with Gasteiger partial charge in [-0.05, 0) is 13.3 Å². The summed E-state index contributed by atoms with van der Waals surface area (Å²) >= 11 is 0. The Kier molecular flexibility index (Phi) is 5.36. The highest BCUT2D eigenvalue weighted by atomic mass is 16.2. The van der Waals surface area contributed by atoms with Gasteiger partial charge in [-0.2, -0.15) is 4.98 Å². The van der Waals surface area contributed by atoms with E-state index < -0.39 is 0 Å². The standard InChI is InChI=1S/C15H25N5O/c1-4-5-6-16-14-11-12(2)17-15(18-14)20-9-7-19(8-10-20)13(3)21/h11H,4-10H2,1-3H3,(H,16,17,18). The number of unbranched alkanes of at least 4 members (excludes halogenated alkanes) is 1. The van der Waals surface area contributed by atoms with Crippen molar-refractivity contribution in [2.75, 3.05) is 42.9 Å². The maximum atomic E-state index is 11.4. The van der Waals surface area contributed by atoms with E-state index in [1.165, 1.54) is 0 Å². The molecule has 0 radical (unpaired) electrons. The monoisotopic (exact) mass is 291 g/mol. The number of rotatable bonds is 5. The largest absolute Gasteiger partial charge is 0.370 e. The molecule has 1 aromatic rings. The van der Waals surface area contributed by atoms with E-state index in [1.54, 1.807) is 6.92 Å². The summed E-state index contributed by atoms with van der Waals surface area (Å²) in [5.41, 5.74) is 0.966. The predicted molar refractivity (Wildman–Crippen MR) is 84.6 cm³/mol. The van der Waals surface area contributed by atoms with E-state index in [9.17, 15) is 4.79 Å². The fourth-order valence-electron chi connectivity index (χ4n) is 2.40. The van der Waals surface area contributed by atoms with E-state index in [-0.39, 0.29) is 5.91 Å². The molecule has 6 nitrogen and oxygen atoms in total. The molecule has 116 valence electrons. The van der Waals surface area contributed by atoms with Crippen molar-refractivity contribution in [1.82, 2.24) is 14.9 Å². The van der Waals surface area contributed by atoms with Crippen LogP contribution in [0.15, 0.2) is 6.07 Å². The SMILES string of the molecule is CCCCNc1cc(C)nc(N2CCN(C(C)=O)CC2)n1. The van der Waals surface area contributed by atoms with Gasteiger partial charge in [-0.1, -0.05) is 13.3 Å².